The number of amides is 2. The zero-order chi connectivity index (χ0) is 15.1. The summed E-state index contributed by atoms with van der Waals surface area (Å²) < 4.78 is 10.4. The van der Waals surface area contributed by atoms with Crippen molar-refractivity contribution in [3.8, 4) is 0 Å². The molecule has 0 aromatic heterocycles. The van der Waals surface area contributed by atoms with Gasteiger partial charge in [-0.25, -0.2) is 9.69 Å². The van der Waals surface area contributed by atoms with E-state index in [2.05, 4.69) is 0 Å². The summed E-state index contributed by atoms with van der Waals surface area (Å²) in [5, 5.41) is 0.630. The first-order chi connectivity index (χ1) is 9.99. The van der Waals surface area contributed by atoms with Crippen molar-refractivity contribution in [2.45, 2.75) is 32.1 Å². The fourth-order valence-corrected chi connectivity index (χ4v) is 2.65. The average molecular weight is 310 g/mol. The lowest BCUT2D eigenvalue weighted by molar-refractivity contribution is -0.131. The van der Waals surface area contributed by atoms with Crippen LogP contribution in [0.2, 0.25) is 5.02 Å². The molecule has 0 bridgehead atoms. The lowest BCUT2D eigenvalue weighted by Crippen LogP contribution is -2.44. The Morgan fingerprint density at radius 1 is 1.33 bits per heavy atom. The van der Waals surface area contributed by atoms with Crippen LogP contribution in [-0.2, 0) is 14.3 Å². The minimum atomic E-state index is -0.613. The van der Waals surface area contributed by atoms with E-state index < -0.39 is 12.2 Å². The van der Waals surface area contributed by atoms with Gasteiger partial charge in [0.25, 0.3) is 5.91 Å². The predicted molar refractivity (Wildman–Crippen MR) is 75.9 cm³/mol. The molecule has 0 radical (unpaired) electrons. The minimum absolute atomic E-state index is 0.146. The van der Waals surface area contributed by atoms with Gasteiger partial charge in [0.15, 0.2) is 6.10 Å². The molecule has 112 valence electrons. The number of benzene rings is 1. The van der Waals surface area contributed by atoms with Crippen LogP contribution in [0.3, 0.4) is 0 Å². The van der Waals surface area contributed by atoms with E-state index in [0.717, 1.165) is 5.56 Å². The van der Waals surface area contributed by atoms with Gasteiger partial charge in [-0.3, -0.25) is 4.79 Å². The molecular formula is C15H16ClNO4. The third kappa shape index (κ3) is 2.63. The molecule has 3 atom stereocenters. The number of epoxide rings is 1. The summed E-state index contributed by atoms with van der Waals surface area (Å²) in [5.74, 6) is -0.177. The number of halogens is 1. The summed E-state index contributed by atoms with van der Waals surface area (Å²) in [7, 11) is 0. The number of carbonyl (C=O) groups is 2. The highest BCUT2D eigenvalue weighted by Gasteiger charge is 2.52. The summed E-state index contributed by atoms with van der Waals surface area (Å²) in [6, 6.07) is 6.92. The van der Waals surface area contributed by atoms with Crippen LogP contribution in [0.4, 0.5) is 4.79 Å². The van der Waals surface area contributed by atoms with Crippen molar-refractivity contribution < 1.29 is 19.1 Å². The molecule has 2 heterocycles. The van der Waals surface area contributed by atoms with E-state index in [1.54, 1.807) is 12.1 Å². The Morgan fingerprint density at radius 2 is 2.00 bits per heavy atom. The third-order valence-electron chi connectivity index (χ3n) is 3.85. The first-order valence-electron chi connectivity index (χ1n) is 6.90. The maximum atomic E-state index is 12.5. The Labute approximate surface area is 127 Å². The summed E-state index contributed by atoms with van der Waals surface area (Å²) in [6.45, 7) is 4.16. The second-order valence-electron chi connectivity index (χ2n) is 5.63. The minimum Gasteiger partial charge on any atom is -0.447 e. The van der Waals surface area contributed by atoms with Crippen molar-refractivity contribution in [3.05, 3.63) is 34.9 Å². The van der Waals surface area contributed by atoms with Crippen molar-refractivity contribution >= 4 is 23.6 Å². The molecule has 0 aliphatic carbocycles. The quantitative estimate of drug-likeness (QED) is 0.806. The Kier molecular flexibility index (Phi) is 3.63. The third-order valence-corrected chi connectivity index (χ3v) is 4.10. The zero-order valence-corrected chi connectivity index (χ0v) is 12.5. The fourth-order valence-electron chi connectivity index (χ4n) is 2.52. The molecule has 3 rings (SSSR count). The Balaban J connectivity index is 1.72. The molecule has 21 heavy (non-hydrogen) atoms. The number of hydrogen-bond donors (Lipinski definition) is 0. The molecule has 2 aliphatic rings. The molecular weight excluding hydrogens is 294 g/mol. The SMILES string of the molecule is CC(C)[C@H]1COC(=O)N1C(=O)[C@H]1O[C@@H]1c1ccc(Cl)cc1. The van der Waals surface area contributed by atoms with Gasteiger partial charge in [0.2, 0.25) is 0 Å². The van der Waals surface area contributed by atoms with Gasteiger partial charge in [-0.1, -0.05) is 37.6 Å². The van der Waals surface area contributed by atoms with Crippen molar-refractivity contribution in [2.24, 2.45) is 5.92 Å². The molecule has 2 fully saturated rings. The van der Waals surface area contributed by atoms with E-state index in [4.69, 9.17) is 21.1 Å². The highest BCUT2D eigenvalue weighted by Crippen LogP contribution is 2.41. The Morgan fingerprint density at radius 3 is 2.62 bits per heavy atom. The van der Waals surface area contributed by atoms with Gasteiger partial charge in [0, 0.05) is 5.02 Å². The van der Waals surface area contributed by atoms with E-state index in [9.17, 15) is 9.59 Å². The van der Waals surface area contributed by atoms with Crippen molar-refractivity contribution in [2.75, 3.05) is 6.61 Å². The smallest absolute Gasteiger partial charge is 0.417 e. The van der Waals surface area contributed by atoms with Gasteiger partial charge in [0.05, 0.1) is 6.04 Å². The van der Waals surface area contributed by atoms with Gasteiger partial charge >= 0.3 is 6.09 Å². The van der Waals surface area contributed by atoms with Gasteiger partial charge < -0.3 is 9.47 Å². The van der Waals surface area contributed by atoms with E-state index >= 15 is 0 Å². The zero-order valence-electron chi connectivity index (χ0n) is 11.8. The highest BCUT2D eigenvalue weighted by atomic mass is 35.5. The lowest BCUT2D eigenvalue weighted by atomic mass is 10.0. The lowest BCUT2D eigenvalue weighted by Gasteiger charge is -2.21. The molecule has 5 nitrogen and oxygen atoms in total. The highest BCUT2D eigenvalue weighted by molar-refractivity contribution is 6.30. The fraction of sp³-hybridized carbons (Fsp3) is 0.467. The van der Waals surface area contributed by atoms with E-state index in [-0.39, 0.29) is 30.6 Å². The monoisotopic (exact) mass is 309 g/mol. The van der Waals surface area contributed by atoms with Gasteiger partial charge in [-0.2, -0.15) is 0 Å². The van der Waals surface area contributed by atoms with Crippen LogP contribution in [0.15, 0.2) is 24.3 Å². The number of nitrogens with zero attached hydrogens (tertiary/aromatic N) is 1. The second-order valence-corrected chi connectivity index (χ2v) is 6.06. The second kappa shape index (κ2) is 5.31. The summed E-state index contributed by atoms with van der Waals surface area (Å²) in [5.41, 5.74) is 0.881. The van der Waals surface area contributed by atoms with E-state index in [1.807, 2.05) is 26.0 Å². The molecule has 6 heteroatoms. The molecule has 0 saturated carbocycles. The normalized spacial score (nSPS) is 27.9. The van der Waals surface area contributed by atoms with Crippen LogP contribution >= 0.6 is 11.6 Å². The molecule has 2 amide bonds. The predicted octanol–water partition coefficient (Wildman–Crippen LogP) is 2.78. The summed E-state index contributed by atoms with van der Waals surface area (Å²) in [6.07, 6.45) is -1.50. The summed E-state index contributed by atoms with van der Waals surface area (Å²) in [4.78, 5) is 25.4. The standard InChI is InChI=1S/C15H16ClNO4/c1-8(2)11-7-20-15(19)17(11)14(18)13-12(21-13)9-3-5-10(16)6-4-9/h3-6,8,11-13H,7H2,1-2H3/t11-,12-,13+/m1/s1. The maximum absolute atomic E-state index is 12.5. The Hall–Kier alpha value is -1.59. The number of carbonyl (C=O) groups excluding carboxylic acids is 2. The number of ether oxygens (including phenoxy) is 2. The largest absolute Gasteiger partial charge is 0.447 e. The van der Waals surface area contributed by atoms with E-state index in [1.165, 1.54) is 4.90 Å². The molecule has 1 aromatic rings. The van der Waals surface area contributed by atoms with Crippen LogP contribution in [0.25, 0.3) is 0 Å². The van der Waals surface area contributed by atoms with Crippen LogP contribution in [-0.4, -0.2) is 35.7 Å². The van der Waals surface area contributed by atoms with Gasteiger partial charge in [-0.05, 0) is 23.6 Å². The number of rotatable bonds is 3. The number of imide groups is 1. The van der Waals surface area contributed by atoms with Crippen LogP contribution < -0.4 is 0 Å². The number of cyclic esters (lactones) is 1. The van der Waals surface area contributed by atoms with Crippen LogP contribution in [0, 0.1) is 5.92 Å². The topological polar surface area (TPSA) is 59.1 Å². The van der Waals surface area contributed by atoms with Crippen LogP contribution in [0.5, 0.6) is 0 Å². The molecule has 2 aliphatic heterocycles. The van der Waals surface area contributed by atoms with Gasteiger partial charge in [-0.15, -0.1) is 0 Å². The first kappa shape index (κ1) is 14.4. The molecule has 1 aromatic carbocycles. The Bertz CT molecular complexity index is 572. The average Bonchev–Trinajstić information content (AvgIpc) is 3.14. The number of hydrogen-bond acceptors (Lipinski definition) is 4. The van der Waals surface area contributed by atoms with Crippen LogP contribution in [0.1, 0.15) is 25.5 Å². The van der Waals surface area contributed by atoms with Crippen molar-refractivity contribution in [1.29, 1.82) is 0 Å². The molecule has 0 N–H and O–H groups in total. The summed E-state index contributed by atoms with van der Waals surface area (Å²) >= 11 is 5.84. The van der Waals surface area contributed by atoms with Gasteiger partial charge in [0.1, 0.15) is 12.7 Å². The van der Waals surface area contributed by atoms with E-state index in [0.29, 0.717) is 5.02 Å². The van der Waals surface area contributed by atoms with Crippen molar-refractivity contribution in [1.82, 2.24) is 4.90 Å². The molecule has 0 spiro atoms. The molecule has 2 saturated heterocycles. The molecule has 0 unspecified atom stereocenters. The maximum Gasteiger partial charge on any atom is 0.417 e. The van der Waals surface area contributed by atoms with Crippen molar-refractivity contribution in [3.63, 3.8) is 0 Å². The first-order valence-corrected chi connectivity index (χ1v) is 7.27.